The van der Waals surface area contributed by atoms with E-state index in [2.05, 4.69) is 4.98 Å². The van der Waals surface area contributed by atoms with Crippen molar-refractivity contribution in [2.75, 3.05) is 0 Å². The number of aryl methyl sites for hydroxylation is 1. The second-order valence-corrected chi connectivity index (χ2v) is 2.96. The molecule has 1 aromatic heterocycles. The molecule has 72 valence electrons. The number of aromatic nitrogens is 2. The van der Waals surface area contributed by atoms with Crippen molar-refractivity contribution in [2.24, 2.45) is 5.73 Å². The van der Waals surface area contributed by atoms with Crippen LogP contribution in [0.3, 0.4) is 0 Å². The number of nitrogens with two attached hydrogens (primary N) is 1. The van der Waals surface area contributed by atoms with Crippen LogP contribution < -0.4 is 5.73 Å². The molecular weight excluding hydrogens is 194 g/mol. The lowest BCUT2D eigenvalue weighted by atomic mass is 10.2. The fraction of sp³-hybridized carbons (Fsp3) is 0.429. The van der Waals surface area contributed by atoms with Crippen LogP contribution in [0.2, 0.25) is 5.28 Å². The number of rotatable bonds is 4. The lowest BCUT2D eigenvalue weighted by Gasteiger charge is -2.06. The standard InChI is InChI=1S/C7H10ClN3O2/c8-7-10-2-4-11(7)3-1-5(9)6(12)13/h2,4-5H,1,3,9H2,(H,12,13). The van der Waals surface area contributed by atoms with Gasteiger partial charge in [0.25, 0.3) is 0 Å². The lowest BCUT2D eigenvalue weighted by molar-refractivity contribution is -0.138. The van der Waals surface area contributed by atoms with Gasteiger partial charge in [-0.05, 0) is 18.0 Å². The lowest BCUT2D eigenvalue weighted by Crippen LogP contribution is -2.31. The van der Waals surface area contributed by atoms with Crippen LogP contribution in [0.25, 0.3) is 0 Å². The van der Waals surface area contributed by atoms with E-state index in [0.29, 0.717) is 18.2 Å². The van der Waals surface area contributed by atoms with E-state index in [1.807, 2.05) is 0 Å². The number of carbonyl (C=O) groups is 1. The van der Waals surface area contributed by atoms with Gasteiger partial charge in [0.1, 0.15) is 6.04 Å². The number of nitrogens with zero attached hydrogens (tertiary/aromatic N) is 2. The maximum atomic E-state index is 10.4. The van der Waals surface area contributed by atoms with Crippen molar-refractivity contribution in [3.05, 3.63) is 17.7 Å². The van der Waals surface area contributed by atoms with Gasteiger partial charge < -0.3 is 15.4 Å². The van der Waals surface area contributed by atoms with Crippen LogP contribution in [-0.2, 0) is 11.3 Å². The molecule has 0 aliphatic heterocycles. The number of carboxylic acids is 1. The molecule has 0 aliphatic rings. The van der Waals surface area contributed by atoms with E-state index >= 15 is 0 Å². The first kappa shape index (κ1) is 10.0. The van der Waals surface area contributed by atoms with E-state index in [1.54, 1.807) is 17.0 Å². The summed E-state index contributed by atoms with van der Waals surface area (Å²) in [5.41, 5.74) is 5.31. The van der Waals surface area contributed by atoms with Crippen molar-refractivity contribution in [3.63, 3.8) is 0 Å². The minimum absolute atomic E-state index is 0.339. The molecule has 3 N–H and O–H groups in total. The fourth-order valence-electron chi connectivity index (χ4n) is 0.879. The third kappa shape index (κ3) is 2.71. The molecule has 1 unspecified atom stereocenters. The smallest absolute Gasteiger partial charge is 0.320 e. The highest BCUT2D eigenvalue weighted by atomic mass is 35.5. The van der Waals surface area contributed by atoms with Crippen molar-refractivity contribution in [2.45, 2.75) is 19.0 Å². The first-order chi connectivity index (χ1) is 6.11. The molecule has 13 heavy (non-hydrogen) atoms. The summed E-state index contributed by atoms with van der Waals surface area (Å²) in [5.74, 6) is -1.00. The maximum Gasteiger partial charge on any atom is 0.320 e. The summed E-state index contributed by atoms with van der Waals surface area (Å²) in [4.78, 5) is 14.1. The van der Waals surface area contributed by atoms with E-state index in [4.69, 9.17) is 22.4 Å². The Morgan fingerprint density at radius 2 is 2.54 bits per heavy atom. The average molecular weight is 204 g/mol. The molecule has 1 rings (SSSR count). The summed E-state index contributed by atoms with van der Waals surface area (Å²) in [5, 5.41) is 8.84. The first-order valence-corrected chi connectivity index (χ1v) is 4.14. The van der Waals surface area contributed by atoms with Gasteiger partial charge in [0, 0.05) is 18.9 Å². The van der Waals surface area contributed by atoms with Crippen LogP contribution in [0, 0.1) is 0 Å². The zero-order valence-electron chi connectivity index (χ0n) is 6.85. The predicted molar refractivity (Wildman–Crippen MR) is 47.5 cm³/mol. The molecule has 0 fully saturated rings. The number of carboxylic acid groups (broad SMARTS) is 1. The van der Waals surface area contributed by atoms with Crippen molar-refractivity contribution < 1.29 is 9.90 Å². The van der Waals surface area contributed by atoms with E-state index < -0.39 is 12.0 Å². The Morgan fingerprint density at radius 3 is 3.00 bits per heavy atom. The van der Waals surface area contributed by atoms with Gasteiger partial charge in [0.05, 0.1) is 0 Å². The van der Waals surface area contributed by atoms with Crippen molar-refractivity contribution >= 4 is 17.6 Å². The van der Waals surface area contributed by atoms with E-state index in [0.717, 1.165) is 0 Å². The van der Waals surface area contributed by atoms with E-state index in [1.165, 1.54) is 0 Å². The van der Waals surface area contributed by atoms with Crippen LogP contribution in [0.15, 0.2) is 12.4 Å². The zero-order chi connectivity index (χ0) is 9.84. The Balaban J connectivity index is 2.44. The van der Waals surface area contributed by atoms with Crippen LogP contribution >= 0.6 is 11.6 Å². The minimum Gasteiger partial charge on any atom is -0.480 e. The summed E-state index contributed by atoms with van der Waals surface area (Å²) < 4.78 is 1.64. The predicted octanol–water partition coefficient (Wildman–Crippen LogP) is 0.338. The fourth-order valence-corrected chi connectivity index (χ4v) is 1.08. The second-order valence-electron chi connectivity index (χ2n) is 2.62. The third-order valence-corrected chi connectivity index (χ3v) is 1.98. The molecule has 1 aromatic rings. The summed E-state index contributed by atoms with van der Waals surface area (Å²) >= 11 is 5.67. The van der Waals surface area contributed by atoms with Gasteiger partial charge in [0.15, 0.2) is 0 Å². The summed E-state index contributed by atoms with van der Waals surface area (Å²) in [6.07, 6.45) is 3.57. The second kappa shape index (κ2) is 4.25. The molecular formula is C7H10ClN3O2. The molecule has 0 aromatic carbocycles. The molecule has 0 radical (unpaired) electrons. The zero-order valence-corrected chi connectivity index (χ0v) is 7.61. The van der Waals surface area contributed by atoms with Gasteiger partial charge in [-0.3, -0.25) is 4.79 Å². The molecule has 0 aliphatic carbocycles. The minimum atomic E-state index is -1.00. The molecule has 0 saturated heterocycles. The Hall–Kier alpha value is -1.07. The Morgan fingerprint density at radius 1 is 1.85 bits per heavy atom. The van der Waals surface area contributed by atoms with Crippen LogP contribution in [-0.4, -0.2) is 26.7 Å². The number of imidazole rings is 1. The van der Waals surface area contributed by atoms with Crippen LogP contribution in [0.4, 0.5) is 0 Å². The quantitative estimate of drug-likeness (QED) is 0.740. The largest absolute Gasteiger partial charge is 0.480 e. The Kier molecular flexibility index (Phi) is 3.27. The molecule has 6 heteroatoms. The van der Waals surface area contributed by atoms with Gasteiger partial charge in [-0.15, -0.1) is 0 Å². The maximum absolute atomic E-state index is 10.4. The average Bonchev–Trinajstić information content (AvgIpc) is 2.47. The third-order valence-electron chi connectivity index (χ3n) is 1.66. The molecule has 1 heterocycles. The van der Waals surface area contributed by atoms with Gasteiger partial charge in [-0.1, -0.05) is 0 Å². The van der Waals surface area contributed by atoms with Crippen LogP contribution in [0.1, 0.15) is 6.42 Å². The van der Waals surface area contributed by atoms with Crippen molar-refractivity contribution in [1.29, 1.82) is 0 Å². The normalized spacial score (nSPS) is 12.8. The highest BCUT2D eigenvalue weighted by Gasteiger charge is 2.11. The molecule has 0 amide bonds. The topological polar surface area (TPSA) is 81.1 Å². The molecule has 0 saturated carbocycles. The summed E-state index contributed by atoms with van der Waals surface area (Å²) in [6.45, 7) is 0.465. The summed E-state index contributed by atoms with van der Waals surface area (Å²) in [6, 6.07) is -0.849. The van der Waals surface area contributed by atoms with E-state index in [9.17, 15) is 4.79 Å². The number of aliphatic carboxylic acids is 1. The molecule has 0 spiro atoms. The number of halogens is 1. The van der Waals surface area contributed by atoms with Gasteiger partial charge in [0.2, 0.25) is 5.28 Å². The summed E-state index contributed by atoms with van der Waals surface area (Å²) in [7, 11) is 0. The highest BCUT2D eigenvalue weighted by Crippen LogP contribution is 2.06. The van der Waals surface area contributed by atoms with Crippen molar-refractivity contribution in [1.82, 2.24) is 9.55 Å². The first-order valence-electron chi connectivity index (χ1n) is 3.76. The van der Waals surface area contributed by atoms with Gasteiger partial charge >= 0.3 is 5.97 Å². The molecule has 1 atom stereocenters. The van der Waals surface area contributed by atoms with Crippen LogP contribution in [0.5, 0.6) is 0 Å². The Bertz CT molecular complexity index is 300. The van der Waals surface area contributed by atoms with Gasteiger partial charge in [-0.25, -0.2) is 4.98 Å². The number of hydrogen-bond donors (Lipinski definition) is 2. The molecule has 5 nitrogen and oxygen atoms in total. The molecule has 0 bridgehead atoms. The van der Waals surface area contributed by atoms with Crippen molar-refractivity contribution in [3.8, 4) is 0 Å². The monoisotopic (exact) mass is 203 g/mol. The highest BCUT2D eigenvalue weighted by molar-refractivity contribution is 6.28. The Labute approximate surface area is 80.1 Å². The SMILES string of the molecule is NC(CCn1ccnc1Cl)C(=O)O. The number of hydrogen-bond acceptors (Lipinski definition) is 3. The van der Waals surface area contributed by atoms with Gasteiger partial charge in [-0.2, -0.15) is 0 Å². The van der Waals surface area contributed by atoms with E-state index in [-0.39, 0.29) is 0 Å².